The Morgan fingerprint density at radius 1 is 1.50 bits per heavy atom. The van der Waals surface area contributed by atoms with Gasteiger partial charge in [0, 0.05) is 0 Å². The van der Waals surface area contributed by atoms with Gasteiger partial charge in [-0.15, -0.1) is 0 Å². The van der Waals surface area contributed by atoms with Crippen LogP contribution in [-0.2, 0) is 4.79 Å². The summed E-state index contributed by atoms with van der Waals surface area (Å²) in [5.74, 6) is -1.03. The van der Waals surface area contributed by atoms with Crippen LogP contribution >= 0.6 is 0 Å². The van der Waals surface area contributed by atoms with Gasteiger partial charge in [0.2, 0.25) is 0 Å². The minimum absolute atomic E-state index is 0.0406. The molecule has 0 aromatic rings. The van der Waals surface area contributed by atoms with Gasteiger partial charge in [-0.05, 0) is 6.92 Å². The number of aliphatic carboxylic acids is 1. The van der Waals surface area contributed by atoms with Crippen LogP contribution in [0.3, 0.4) is 0 Å². The third kappa shape index (κ3) is 3.00. The zero-order valence-electron chi connectivity index (χ0n) is 6.69. The standard InChI is InChI=1S/C7H9N3O2/c1-6(7(11)12)10(4-2-8)5-3-9/h6H,4-5H2,1H3,(H,11,12)/t6-/m0/s1. The summed E-state index contributed by atoms with van der Waals surface area (Å²) in [6, 6.07) is 2.81. The molecule has 0 aromatic heterocycles. The van der Waals surface area contributed by atoms with Crippen LogP contribution in [0.4, 0.5) is 0 Å². The van der Waals surface area contributed by atoms with Crippen molar-refractivity contribution in [1.29, 1.82) is 10.5 Å². The van der Waals surface area contributed by atoms with Crippen LogP contribution in [-0.4, -0.2) is 35.1 Å². The van der Waals surface area contributed by atoms with Crippen molar-refractivity contribution in [2.24, 2.45) is 0 Å². The summed E-state index contributed by atoms with van der Waals surface area (Å²) < 4.78 is 0. The number of carboxylic acid groups (broad SMARTS) is 1. The summed E-state index contributed by atoms with van der Waals surface area (Å²) in [5.41, 5.74) is 0. The molecule has 0 unspecified atom stereocenters. The van der Waals surface area contributed by atoms with Crippen LogP contribution in [0, 0.1) is 22.7 Å². The van der Waals surface area contributed by atoms with E-state index in [9.17, 15) is 4.79 Å². The van der Waals surface area contributed by atoms with Gasteiger partial charge in [-0.2, -0.15) is 10.5 Å². The Morgan fingerprint density at radius 3 is 2.17 bits per heavy atom. The van der Waals surface area contributed by atoms with E-state index in [0.29, 0.717) is 0 Å². The second-order valence-corrected chi connectivity index (χ2v) is 2.24. The van der Waals surface area contributed by atoms with E-state index in [0.717, 1.165) is 0 Å². The van der Waals surface area contributed by atoms with E-state index in [1.54, 1.807) is 12.1 Å². The third-order valence-electron chi connectivity index (χ3n) is 1.45. The molecule has 1 atom stereocenters. The molecule has 0 saturated heterocycles. The monoisotopic (exact) mass is 167 g/mol. The van der Waals surface area contributed by atoms with Gasteiger partial charge in [0.15, 0.2) is 0 Å². The smallest absolute Gasteiger partial charge is 0.320 e. The van der Waals surface area contributed by atoms with Gasteiger partial charge in [-0.3, -0.25) is 9.69 Å². The third-order valence-corrected chi connectivity index (χ3v) is 1.45. The fourth-order valence-electron chi connectivity index (χ4n) is 0.668. The maximum atomic E-state index is 10.4. The highest BCUT2D eigenvalue weighted by Gasteiger charge is 2.19. The number of hydrogen-bond donors (Lipinski definition) is 1. The van der Waals surface area contributed by atoms with E-state index in [1.807, 2.05) is 0 Å². The first kappa shape index (κ1) is 10.4. The number of carboxylic acids is 1. The Bertz CT molecular complexity index is 222. The maximum Gasteiger partial charge on any atom is 0.320 e. The van der Waals surface area contributed by atoms with Crippen molar-refractivity contribution in [2.45, 2.75) is 13.0 Å². The van der Waals surface area contributed by atoms with Gasteiger partial charge in [0.05, 0.1) is 25.2 Å². The highest BCUT2D eigenvalue weighted by molar-refractivity contribution is 5.72. The molecule has 0 aliphatic heterocycles. The van der Waals surface area contributed by atoms with E-state index in [2.05, 4.69) is 0 Å². The fourth-order valence-corrected chi connectivity index (χ4v) is 0.668. The van der Waals surface area contributed by atoms with Crippen molar-refractivity contribution in [2.75, 3.05) is 13.1 Å². The molecule has 0 aliphatic rings. The van der Waals surface area contributed by atoms with Gasteiger partial charge in [-0.25, -0.2) is 0 Å². The molecule has 0 radical (unpaired) electrons. The Labute approximate surface area is 70.4 Å². The summed E-state index contributed by atoms with van der Waals surface area (Å²) >= 11 is 0. The van der Waals surface area contributed by atoms with Gasteiger partial charge < -0.3 is 5.11 Å². The minimum Gasteiger partial charge on any atom is -0.480 e. The average Bonchev–Trinajstić information content (AvgIpc) is 2.03. The SMILES string of the molecule is C[C@@H](C(=O)O)N(CC#N)CC#N. The van der Waals surface area contributed by atoms with Crippen molar-refractivity contribution in [1.82, 2.24) is 4.90 Å². The molecule has 0 bridgehead atoms. The predicted molar refractivity (Wildman–Crippen MR) is 39.9 cm³/mol. The van der Waals surface area contributed by atoms with E-state index in [-0.39, 0.29) is 13.1 Å². The normalized spacial score (nSPS) is 11.7. The molecule has 0 amide bonds. The minimum atomic E-state index is -1.03. The summed E-state index contributed by atoms with van der Waals surface area (Å²) in [5, 5.41) is 25.1. The Balaban J connectivity index is 4.22. The van der Waals surface area contributed by atoms with E-state index < -0.39 is 12.0 Å². The lowest BCUT2D eigenvalue weighted by Gasteiger charge is -2.19. The predicted octanol–water partition coefficient (Wildman–Crippen LogP) is -0.191. The largest absolute Gasteiger partial charge is 0.480 e. The summed E-state index contributed by atoms with van der Waals surface area (Å²) in [6.45, 7) is 1.36. The average molecular weight is 167 g/mol. The molecule has 5 nitrogen and oxygen atoms in total. The first-order valence-electron chi connectivity index (χ1n) is 3.34. The molecule has 0 fully saturated rings. The molecule has 0 spiro atoms. The van der Waals surface area contributed by atoms with Crippen LogP contribution in [0.2, 0.25) is 0 Å². The van der Waals surface area contributed by atoms with Gasteiger partial charge in [0.1, 0.15) is 6.04 Å². The highest BCUT2D eigenvalue weighted by Crippen LogP contribution is 1.96. The van der Waals surface area contributed by atoms with Crippen molar-refractivity contribution in [3.05, 3.63) is 0 Å². The number of nitriles is 2. The summed E-state index contributed by atoms with van der Waals surface area (Å²) in [4.78, 5) is 11.7. The van der Waals surface area contributed by atoms with Crippen molar-refractivity contribution in [3.63, 3.8) is 0 Å². The molecule has 12 heavy (non-hydrogen) atoms. The second kappa shape index (κ2) is 5.11. The molecule has 1 N–H and O–H groups in total. The van der Waals surface area contributed by atoms with Gasteiger partial charge >= 0.3 is 5.97 Å². The molecule has 0 saturated carbocycles. The molecule has 0 heterocycles. The zero-order chi connectivity index (χ0) is 9.56. The highest BCUT2D eigenvalue weighted by atomic mass is 16.4. The Morgan fingerprint density at radius 2 is 1.92 bits per heavy atom. The Kier molecular flexibility index (Phi) is 4.43. The molecule has 0 aromatic carbocycles. The zero-order valence-corrected chi connectivity index (χ0v) is 6.69. The van der Waals surface area contributed by atoms with Crippen LogP contribution < -0.4 is 0 Å². The second-order valence-electron chi connectivity index (χ2n) is 2.24. The van der Waals surface area contributed by atoms with E-state index in [4.69, 9.17) is 15.6 Å². The van der Waals surface area contributed by atoms with E-state index >= 15 is 0 Å². The molecule has 5 heteroatoms. The summed E-state index contributed by atoms with van der Waals surface area (Å²) in [6.07, 6.45) is 0. The van der Waals surface area contributed by atoms with Crippen molar-refractivity contribution >= 4 is 5.97 Å². The first-order valence-corrected chi connectivity index (χ1v) is 3.34. The Hall–Kier alpha value is -1.59. The van der Waals surface area contributed by atoms with Crippen LogP contribution in [0.5, 0.6) is 0 Å². The molecule has 0 aliphatic carbocycles. The lowest BCUT2D eigenvalue weighted by Crippen LogP contribution is -2.39. The van der Waals surface area contributed by atoms with Crippen LogP contribution in [0.1, 0.15) is 6.92 Å². The van der Waals surface area contributed by atoms with Crippen molar-refractivity contribution < 1.29 is 9.90 Å². The van der Waals surface area contributed by atoms with Gasteiger partial charge in [0.25, 0.3) is 0 Å². The van der Waals surface area contributed by atoms with Gasteiger partial charge in [-0.1, -0.05) is 0 Å². The molecule has 0 rings (SSSR count). The molecular formula is C7H9N3O2. The van der Waals surface area contributed by atoms with Crippen LogP contribution in [0.15, 0.2) is 0 Å². The topological polar surface area (TPSA) is 88.1 Å². The lowest BCUT2D eigenvalue weighted by atomic mass is 10.3. The van der Waals surface area contributed by atoms with Crippen LogP contribution in [0.25, 0.3) is 0 Å². The number of nitrogens with zero attached hydrogens (tertiary/aromatic N) is 3. The lowest BCUT2D eigenvalue weighted by molar-refractivity contribution is -0.142. The first-order chi connectivity index (χ1) is 5.63. The van der Waals surface area contributed by atoms with Crippen molar-refractivity contribution in [3.8, 4) is 12.1 Å². The number of rotatable bonds is 4. The number of carbonyl (C=O) groups is 1. The molecule has 64 valence electrons. The van der Waals surface area contributed by atoms with E-state index in [1.165, 1.54) is 11.8 Å². The summed E-state index contributed by atoms with van der Waals surface area (Å²) in [7, 11) is 0. The number of hydrogen-bond acceptors (Lipinski definition) is 4. The maximum absolute atomic E-state index is 10.4. The molecular weight excluding hydrogens is 158 g/mol. The fraction of sp³-hybridized carbons (Fsp3) is 0.571. The quantitative estimate of drug-likeness (QED) is 0.586.